The van der Waals surface area contributed by atoms with Crippen molar-refractivity contribution in [3.8, 4) is 22.9 Å². The van der Waals surface area contributed by atoms with Crippen molar-refractivity contribution in [1.82, 2.24) is 19.6 Å². The molecule has 0 fully saturated rings. The molecule has 0 amide bonds. The molecule has 2 heterocycles. The molecule has 9 nitrogen and oxygen atoms in total. The van der Waals surface area contributed by atoms with Crippen LogP contribution in [0.15, 0.2) is 94.7 Å². The van der Waals surface area contributed by atoms with E-state index in [4.69, 9.17) is 10.5 Å². The van der Waals surface area contributed by atoms with Crippen molar-refractivity contribution < 1.29 is 22.6 Å². The average Bonchev–Trinajstić information content (AvgIpc) is 3.38. The first-order valence-electron chi connectivity index (χ1n) is 10.8. The van der Waals surface area contributed by atoms with Gasteiger partial charge in [-0.15, -0.1) is 13.2 Å². The normalized spacial score (nSPS) is 12.5. The van der Waals surface area contributed by atoms with Gasteiger partial charge >= 0.3 is 6.36 Å². The van der Waals surface area contributed by atoms with E-state index in [1.165, 1.54) is 42.3 Å². The maximum Gasteiger partial charge on any atom is 0.573 e. The van der Waals surface area contributed by atoms with E-state index in [2.05, 4.69) is 19.9 Å². The van der Waals surface area contributed by atoms with Crippen LogP contribution in [0.4, 0.5) is 18.9 Å². The van der Waals surface area contributed by atoms with Gasteiger partial charge in [0.25, 0.3) is 0 Å². The van der Waals surface area contributed by atoms with Crippen LogP contribution in [-0.4, -0.2) is 38.7 Å². The number of nitrogens with two attached hydrogens (primary N) is 1. The van der Waals surface area contributed by atoms with Gasteiger partial charge < -0.3 is 15.2 Å². The molecule has 0 radical (unpaired) electrons. The highest BCUT2D eigenvalue weighted by molar-refractivity contribution is 6.08. The molecule has 0 unspecified atom stereocenters. The Morgan fingerprint density at radius 3 is 2.57 bits per heavy atom. The summed E-state index contributed by atoms with van der Waals surface area (Å²) in [4.78, 5) is 17.1. The Morgan fingerprint density at radius 2 is 1.89 bits per heavy atom. The highest BCUT2D eigenvalue weighted by Gasteiger charge is 2.31. The Balaban J connectivity index is 1.79. The van der Waals surface area contributed by atoms with Gasteiger partial charge in [-0.3, -0.25) is 4.79 Å². The maximum absolute atomic E-state index is 12.8. The molecule has 12 heteroatoms. The fourth-order valence-electron chi connectivity index (χ4n) is 3.40. The molecule has 0 spiro atoms. The van der Waals surface area contributed by atoms with Crippen molar-refractivity contribution in [3.63, 3.8) is 0 Å². The number of hydrogen-bond acceptors (Lipinski definition) is 7. The lowest BCUT2D eigenvalue weighted by atomic mass is 10.2. The highest BCUT2D eigenvalue weighted by Crippen LogP contribution is 2.27. The SMILES string of the molecule is COc1cc(-n2cccn2)ccc1-n1ccc(=O)c(C(C=C(C)N)=Nc2cccc(OC(F)(F)F)c2)n1. The Bertz CT molecular complexity index is 1520. The third-order valence-electron chi connectivity index (χ3n) is 4.90. The molecule has 37 heavy (non-hydrogen) atoms. The van der Waals surface area contributed by atoms with E-state index in [-0.39, 0.29) is 17.1 Å². The van der Waals surface area contributed by atoms with Crippen LogP contribution in [0.25, 0.3) is 11.4 Å². The van der Waals surface area contributed by atoms with Crippen LogP contribution >= 0.6 is 0 Å². The largest absolute Gasteiger partial charge is 0.573 e. The molecule has 0 saturated heterocycles. The zero-order chi connectivity index (χ0) is 26.6. The van der Waals surface area contributed by atoms with Gasteiger partial charge in [0.2, 0.25) is 5.43 Å². The lowest BCUT2D eigenvalue weighted by Gasteiger charge is -2.13. The number of benzene rings is 2. The summed E-state index contributed by atoms with van der Waals surface area (Å²) in [5.41, 5.74) is 7.03. The van der Waals surface area contributed by atoms with Crippen molar-refractivity contribution in [3.05, 3.63) is 101 Å². The van der Waals surface area contributed by atoms with Crippen molar-refractivity contribution >= 4 is 11.4 Å². The summed E-state index contributed by atoms with van der Waals surface area (Å²) in [7, 11) is 1.50. The summed E-state index contributed by atoms with van der Waals surface area (Å²) in [6.07, 6.45) is 1.44. The average molecular weight is 510 g/mol. The van der Waals surface area contributed by atoms with E-state index in [0.29, 0.717) is 17.1 Å². The van der Waals surface area contributed by atoms with E-state index < -0.39 is 17.5 Å². The number of rotatable bonds is 7. The van der Waals surface area contributed by atoms with Gasteiger partial charge in [0.05, 0.1) is 24.2 Å². The summed E-state index contributed by atoms with van der Waals surface area (Å²) in [5.74, 6) is -0.00174. The molecular formula is C25H21F3N6O3. The van der Waals surface area contributed by atoms with Crippen molar-refractivity contribution in [2.24, 2.45) is 10.7 Å². The Kier molecular flexibility index (Phi) is 7.09. The van der Waals surface area contributed by atoms with Crippen LogP contribution in [0, 0.1) is 0 Å². The second-order valence-electron chi connectivity index (χ2n) is 7.71. The number of aromatic nitrogens is 4. The Morgan fingerprint density at radius 1 is 1.08 bits per heavy atom. The molecule has 0 aliphatic heterocycles. The topological polar surface area (TPSA) is 110 Å². The van der Waals surface area contributed by atoms with Gasteiger partial charge in [-0.25, -0.2) is 14.4 Å². The third kappa shape index (κ3) is 6.23. The van der Waals surface area contributed by atoms with E-state index in [1.54, 1.807) is 48.3 Å². The molecular weight excluding hydrogens is 489 g/mol. The fourth-order valence-corrected chi connectivity index (χ4v) is 3.40. The second kappa shape index (κ2) is 10.4. The van der Waals surface area contributed by atoms with Gasteiger partial charge in [-0.05, 0) is 43.3 Å². The second-order valence-corrected chi connectivity index (χ2v) is 7.71. The molecule has 0 saturated carbocycles. The lowest BCUT2D eigenvalue weighted by molar-refractivity contribution is -0.274. The number of aliphatic imine (C=N–C) groups is 1. The molecule has 4 rings (SSSR count). The van der Waals surface area contributed by atoms with Gasteiger partial charge in [0, 0.05) is 42.5 Å². The zero-order valence-corrected chi connectivity index (χ0v) is 19.7. The fraction of sp³-hybridized carbons (Fsp3) is 0.120. The molecule has 0 bridgehead atoms. The molecule has 0 aliphatic carbocycles. The summed E-state index contributed by atoms with van der Waals surface area (Å²) in [6, 6.07) is 13.4. The lowest BCUT2D eigenvalue weighted by Crippen LogP contribution is -2.21. The minimum absolute atomic E-state index is 0.0515. The number of halogens is 3. The predicted molar refractivity (Wildman–Crippen MR) is 131 cm³/mol. The van der Waals surface area contributed by atoms with Crippen LogP contribution in [0.3, 0.4) is 0 Å². The first-order chi connectivity index (χ1) is 17.6. The number of ether oxygens (including phenoxy) is 2. The van der Waals surface area contributed by atoms with Crippen molar-refractivity contribution in [2.45, 2.75) is 13.3 Å². The van der Waals surface area contributed by atoms with Crippen molar-refractivity contribution in [2.75, 3.05) is 7.11 Å². The summed E-state index contributed by atoms with van der Waals surface area (Å²) < 4.78 is 50.5. The smallest absolute Gasteiger partial charge is 0.494 e. The Hall–Kier alpha value is -4.87. The van der Waals surface area contributed by atoms with Gasteiger partial charge in [0.1, 0.15) is 17.2 Å². The van der Waals surface area contributed by atoms with Crippen LogP contribution in [0.5, 0.6) is 11.5 Å². The van der Waals surface area contributed by atoms with Crippen LogP contribution in [0.1, 0.15) is 12.6 Å². The molecule has 2 aromatic carbocycles. The number of alkyl halides is 3. The molecule has 2 N–H and O–H groups in total. The first-order valence-corrected chi connectivity index (χ1v) is 10.8. The van der Waals surface area contributed by atoms with Gasteiger partial charge in [0.15, 0.2) is 5.69 Å². The van der Waals surface area contributed by atoms with E-state index in [1.807, 2.05) is 0 Å². The molecule has 190 valence electrons. The number of nitrogens with zero attached hydrogens (tertiary/aromatic N) is 5. The maximum atomic E-state index is 12.8. The summed E-state index contributed by atoms with van der Waals surface area (Å²) in [5, 5.41) is 8.63. The van der Waals surface area contributed by atoms with E-state index in [0.717, 1.165) is 17.8 Å². The van der Waals surface area contributed by atoms with Crippen LogP contribution in [-0.2, 0) is 0 Å². The summed E-state index contributed by atoms with van der Waals surface area (Å²) >= 11 is 0. The van der Waals surface area contributed by atoms with Gasteiger partial charge in [-0.2, -0.15) is 10.2 Å². The van der Waals surface area contributed by atoms with Crippen LogP contribution < -0.4 is 20.6 Å². The Labute approximate surface area is 208 Å². The predicted octanol–water partition coefficient (Wildman–Crippen LogP) is 4.31. The number of hydrogen-bond donors (Lipinski definition) is 1. The molecule has 4 aromatic rings. The van der Waals surface area contributed by atoms with Gasteiger partial charge in [-0.1, -0.05) is 6.07 Å². The molecule has 2 aromatic heterocycles. The monoisotopic (exact) mass is 510 g/mol. The van der Waals surface area contributed by atoms with Crippen molar-refractivity contribution in [1.29, 1.82) is 0 Å². The molecule has 0 aliphatic rings. The summed E-state index contributed by atoms with van der Waals surface area (Å²) in [6.45, 7) is 1.58. The first kappa shape index (κ1) is 25.2. The quantitative estimate of drug-likeness (QED) is 0.371. The van der Waals surface area contributed by atoms with E-state index >= 15 is 0 Å². The minimum atomic E-state index is -4.86. The molecule has 0 atom stereocenters. The highest BCUT2D eigenvalue weighted by atomic mass is 19.4. The van der Waals surface area contributed by atoms with Crippen LogP contribution in [0.2, 0.25) is 0 Å². The minimum Gasteiger partial charge on any atom is -0.494 e. The van der Waals surface area contributed by atoms with E-state index in [9.17, 15) is 18.0 Å². The standard InChI is InChI=1S/C25H21F3N6O3/c1-16(29)13-20(31-17-5-3-6-19(14-17)37-25(26,27)28)24-22(35)9-12-34(32-24)21-8-7-18(15-23(21)36-2)33-11-4-10-30-33/h3-15H,29H2,1-2H3. The number of allylic oxidation sites excluding steroid dienone is 2. The third-order valence-corrected chi connectivity index (χ3v) is 4.90. The zero-order valence-electron chi connectivity index (χ0n) is 19.7. The number of methoxy groups -OCH3 is 1.